The highest BCUT2D eigenvalue weighted by Crippen LogP contribution is 2.46. The van der Waals surface area contributed by atoms with Crippen LogP contribution in [0.1, 0.15) is 77.5 Å². The Hall–Kier alpha value is -1.31. The van der Waals surface area contributed by atoms with Gasteiger partial charge in [-0.1, -0.05) is 59.7 Å². The molecule has 1 aromatic carbocycles. The Morgan fingerprint density at radius 3 is 2.14 bits per heavy atom. The van der Waals surface area contributed by atoms with Gasteiger partial charge in [0.2, 0.25) is 0 Å². The monoisotopic (exact) mass is 288 g/mol. The minimum Gasteiger partial charge on any atom is -0.481 e. The second-order valence-corrected chi connectivity index (χ2v) is 8.48. The van der Waals surface area contributed by atoms with Crippen molar-refractivity contribution in [1.82, 2.24) is 0 Å². The van der Waals surface area contributed by atoms with E-state index in [1.807, 2.05) is 13.8 Å². The smallest absolute Gasteiger partial charge is 0.304 e. The first-order chi connectivity index (χ1) is 9.46. The number of hydrogen-bond acceptors (Lipinski definition) is 1. The Morgan fingerprint density at radius 2 is 1.62 bits per heavy atom. The average molecular weight is 288 g/mol. The van der Waals surface area contributed by atoms with E-state index in [0.29, 0.717) is 0 Å². The fourth-order valence-electron chi connectivity index (χ4n) is 3.49. The minimum absolute atomic E-state index is 0.162. The van der Waals surface area contributed by atoms with Gasteiger partial charge in [-0.3, -0.25) is 4.79 Å². The zero-order valence-corrected chi connectivity index (χ0v) is 14.2. The number of carbonyl (C=O) groups is 1. The summed E-state index contributed by atoms with van der Waals surface area (Å²) in [6.07, 6.45) is 2.54. The SMILES string of the molecule is CC(C)(CC(=O)O)c1ccc2c(c1)C(C)(C)CCC2(C)C. The van der Waals surface area contributed by atoms with Crippen molar-refractivity contribution < 1.29 is 9.90 Å². The molecular weight excluding hydrogens is 260 g/mol. The molecule has 0 aliphatic heterocycles. The summed E-state index contributed by atoms with van der Waals surface area (Å²) in [6.45, 7) is 13.3. The van der Waals surface area contributed by atoms with Gasteiger partial charge in [-0.25, -0.2) is 0 Å². The average Bonchev–Trinajstić information content (AvgIpc) is 2.33. The number of carboxylic acid groups (broad SMARTS) is 1. The van der Waals surface area contributed by atoms with Gasteiger partial charge in [-0.15, -0.1) is 0 Å². The lowest BCUT2D eigenvalue weighted by atomic mass is 9.62. The van der Waals surface area contributed by atoms with E-state index in [9.17, 15) is 4.79 Å². The number of carboxylic acids is 1. The lowest BCUT2D eigenvalue weighted by Crippen LogP contribution is -2.34. The van der Waals surface area contributed by atoms with E-state index in [1.54, 1.807) is 0 Å². The number of hydrogen-bond donors (Lipinski definition) is 1. The quantitative estimate of drug-likeness (QED) is 0.868. The van der Waals surface area contributed by atoms with Gasteiger partial charge in [0.05, 0.1) is 6.42 Å². The molecule has 0 atom stereocenters. The van der Waals surface area contributed by atoms with Gasteiger partial charge < -0.3 is 5.11 Å². The molecule has 0 saturated heterocycles. The maximum atomic E-state index is 11.1. The molecule has 0 fully saturated rings. The Labute approximate surface area is 128 Å². The summed E-state index contributed by atoms with van der Waals surface area (Å²) >= 11 is 0. The van der Waals surface area contributed by atoms with Gasteiger partial charge in [0.1, 0.15) is 0 Å². The molecular formula is C19H28O2. The molecule has 2 heteroatoms. The van der Waals surface area contributed by atoms with Crippen molar-refractivity contribution in [3.05, 3.63) is 34.9 Å². The summed E-state index contributed by atoms with van der Waals surface area (Å²) in [7, 11) is 0. The van der Waals surface area contributed by atoms with Gasteiger partial charge in [0, 0.05) is 5.41 Å². The normalized spacial score (nSPS) is 19.9. The first-order valence-electron chi connectivity index (χ1n) is 7.83. The molecule has 21 heavy (non-hydrogen) atoms. The van der Waals surface area contributed by atoms with Crippen LogP contribution in [0.5, 0.6) is 0 Å². The molecule has 116 valence electrons. The third-order valence-electron chi connectivity index (χ3n) is 5.23. The Morgan fingerprint density at radius 1 is 1.10 bits per heavy atom. The zero-order valence-electron chi connectivity index (χ0n) is 14.2. The van der Waals surface area contributed by atoms with Crippen molar-refractivity contribution in [1.29, 1.82) is 0 Å². The molecule has 0 radical (unpaired) electrons. The van der Waals surface area contributed by atoms with Gasteiger partial charge in [0.25, 0.3) is 0 Å². The highest BCUT2D eigenvalue weighted by molar-refractivity contribution is 5.69. The summed E-state index contributed by atoms with van der Waals surface area (Å²) in [6, 6.07) is 6.62. The van der Waals surface area contributed by atoms with Crippen molar-refractivity contribution in [2.45, 2.75) is 77.0 Å². The predicted molar refractivity (Wildman–Crippen MR) is 87.0 cm³/mol. The van der Waals surface area contributed by atoms with Crippen LogP contribution in [0.4, 0.5) is 0 Å². The summed E-state index contributed by atoms with van der Waals surface area (Å²) in [5, 5.41) is 9.13. The largest absolute Gasteiger partial charge is 0.481 e. The van der Waals surface area contributed by atoms with E-state index in [2.05, 4.69) is 45.9 Å². The van der Waals surface area contributed by atoms with Crippen molar-refractivity contribution >= 4 is 5.97 Å². The Kier molecular flexibility index (Phi) is 3.72. The highest BCUT2D eigenvalue weighted by Gasteiger charge is 2.38. The maximum Gasteiger partial charge on any atom is 0.304 e. The molecule has 0 saturated carbocycles. The summed E-state index contributed by atoms with van der Waals surface area (Å²) < 4.78 is 0. The van der Waals surface area contributed by atoms with E-state index < -0.39 is 5.97 Å². The van der Waals surface area contributed by atoms with Crippen LogP contribution in [0.2, 0.25) is 0 Å². The third-order valence-corrected chi connectivity index (χ3v) is 5.23. The topological polar surface area (TPSA) is 37.3 Å². The number of benzene rings is 1. The Bertz CT molecular complexity index is 565. The van der Waals surface area contributed by atoms with Crippen LogP contribution < -0.4 is 0 Å². The molecule has 0 spiro atoms. The van der Waals surface area contributed by atoms with Crippen molar-refractivity contribution in [3.8, 4) is 0 Å². The van der Waals surface area contributed by atoms with Crippen molar-refractivity contribution in [3.63, 3.8) is 0 Å². The molecule has 1 N–H and O–H groups in total. The lowest BCUT2D eigenvalue weighted by molar-refractivity contribution is -0.138. The minimum atomic E-state index is -0.739. The molecule has 2 rings (SSSR count). The standard InChI is InChI=1S/C19H28O2/c1-17(2)9-10-18(3,4)15-11-13(7-8-14(15)17)19(5,6)12-16(20)21/h7-8,11H,9-10,12H2,1-6H3,(H,20,21). The van der Waals surface area contributed by atoms with Crippen molar-refractivity contribution in [2.75, 3.05) is 0 Å². The molecule has 1 aliphatic rings. The molecule has 0 heterocycles. The van der Waals surface area contributed by atoms with Crippen LogP contribution in [0.15, 0.2) is 18.2 Å². The second-order valence-electron chi connectivity index (χ2n) is 8.48. The number of aliphatic carboxylic acids is 1. The first-order valence-corrected chi connectivity index (χ1v) is 7.83. The molecule has 0 amide bonds. The maximum absolute atomic E-state index is 11.1. The van der Waals surface area contributed by atoms with E-state index in [4.69, 9.17) is 5.11 Å². The lowest BCUT2D eigenvalue weighted by Gasteiger charge is -2.42. The predicted octanol–water partition coefficient (Wildman–Crippen LogP) is 4.79. The van der Waals surface area contributed by atoms with Crippen LogP contribution >= 0.6 is 0 Å². The zero-order chi connectivity index (χ0) is 16.1. The fourth-order valence-corrected chi connectivity index (χ4v) is 3.49. The molecule has 0 unspecified atom stereocenters. The summed E-state index contributed by atoms with van der Waals surface area (Å²) in [4.78, 5) is 11.1. The third kappa shape index (κ3) is 3.00. The van der Waals surface area contributed by atoms with Gasteiger partial charge in [-0.05, 0) is 40.4 Å². The second kappa shape index (κ2) is 4.86. The van der Waals surface area contributed by atoms with E-state index in [1.165, 1.54) is 24.0 Å². The first kappa shape index (κ1) is 16.1. The molecule has 1 aliphatic carbocycles. The molecule has 2 nitrogen and oxygen atoms in total. The van der Waals surface area contributed by atoms with Gasteiger partial charge in [0.15, 0.2) is 0 Å². The summed E-state index contributed by atoms with van der Waals surface area (Å²) in [5.74, 6) is -0.739. The van der Waals surface area contributed by atoms with Crippen LogP contribution in [0.3, 0.4) is 0 Å². The molecule has 1 aromatic rings. The van der Waals surface area contributed by atoms with Crippen LogP contribution in [-0.2, 0) is 21.0 Å². The number of fused-ring (bicyclic) bond motifs is 1. The summed E-state index contributed by atoms with van der Waals surface area (Å²) in [5.41, 5.74) is 4.00. The van der Waals surface area contributed by atoms with E-state index in [0.717, 1.165) is 5.56 Å². The van der Waals surface area contributed by atoms with Crippen LogP contribution in [0, 0.1) is 0 Å². The highest BCUT2D eigenvalue weighted by atomic mass is 16.4. The van der Waals surface area contributed by atoms with E-state index >= 15 is 0 Å². The van der Waals surface area contributed by atoms with E-state index in [-0.39, 0.29) is 22.7 Å². The number of rotatable bonds is 3. The van der Waals surface area contributed by atoms with Gasteiger partial charge in [-0.2, -0.15) is 0 Å². The molecule has 0 aromatic heterocycles. The fraction of sp³-hybridized carbons (Fsp3) is 0.632. The van der Waals surface area contributed by atoms with Crippen LogP contribution in [0.25, 0.3) is 0 Å². The van der Waals surface area contributed by atoms with Crippen molar-refractivity contribution in [2.24, 2.45) is 0 Å². The Balaban J connectivity index is 2.54. The van der Waals surface area contributed by atoms with Crippen LogP contribution in [-0.4, -0.2) is 11.1 Å². The molecule has 0 bridgehead atoms. The van der Waals surface area contributed by atoms with Gasteiger partial charge >= 0.3 is 5.97 Å².